The predicted molar refractivity (Wildman–Crippen MR) is 80.2 cm³/mol. The fraction of sp³-hybridized carbons (Fsp3) is 0.429. The number of rotatable bonds is 6. The van der Waals surface area contributed by atoms with Crippen molar-refractivity contribution in [3.63, 3.8) is 0 Å². The molecule has 7 heteroatoms. The van der Waals surface area contributed by atoms with E-state index in [0.717, 1.165) is 17.7 Å². The second-order valence-electron chi connectivity index (χ2n) is 4.92. The summed E-state index contributed by atoms with van der Waals surface area (Å²) in [5.41, 5.74) is 2.38. The van der Waals surface area contributed by atoms with Gasteiger partial charge >= 0.3 is 5.69 Å². The van der Waals surface area contributed by atoms with Crippen LogP contribution in [0.5, 0.6) is 0 Å². The molecule has 0 atom stereocenters. The SMILES string of the molecule is CCCn1nc(C)c([N+](=O)[O-])c1NCc1ccc(C)nc1. The van der Waals surface area contributed by atoms with Crippen molar-refractivity contribution in [2.45, 2.75) is 40.3 Å². The van der Waals surface area contributed by atoms with Crippen molar-refractivity contribution >= 4 is 11.5 Å². The molecule has 0 unspecified atom stereocenters. The van der Waals surface area contributed by atoms with E-state index in [-0.39, 0.29) is 10.6 Å². The molecule has 0 amide bonds. The van der Waals surface area contributed by atoms with Gasteiger partial charge in [0.05, 0.1) is 4.92 Å². The molecule has 0 fully saturated rings. The minimum atomic E-state index is -0.385. The first-order chi connectivity index (χ1) is 10.0. The van der Waals surface area contributed by atoms with Gasteiger partial charge in [-0.25, -0.2) is 4.68 Å². The number of nitro groups is 1. The molecule has 2 aromatic rings. The van der Waals surface area contributed by atoms with Crippen molar-refractivity contribution in [3.8, 4) is 0 Å². The number of nitrogens with one attached hydrogen (secondary N) is 1. The van der Waals surface area contributed by atoms with E-state index in [0.29, 0.717) is 24.6 Å². The molecule has 112 valence electrons. The molecule has 2 aromatic heterocycles. The Balaban J connectivity index is 2.24. The van der Waals surface area contributed by atoms with E-state index in [1.807, 2.05) is 26.0 Å². The lowest BCUT2D eigenvalue weighted by atomic mass is 10.2. The standard InChI is InChI=1S/C14H19N5O2/c1-4-7-18-14(13(19(20)21)11(3)17-18)16-9-12-6-5-10(2)15-8-12/h5-6,8,16H,4,7,9H2,1-3H3. The minimum Gasteiger partial charge on any atom is -0.360 e. The molecule has 21 heavy (non-hydrogen) atoms. The van der Waals surface area contributed by atoms with Gasteiger partial charge in [0, 0.05) is 25.0 Å². The van der Waals surface area contributed by atoms with Crippen molar-refractivity contribution in [3.05, 3.63) is 45.4 Å². The zero-order valence-corrected chi connectivity index (χ0v) is 12.5. The van der Waals surface area contributed by atoms with Crippen molar-refractivity contribution in [1.82, 2.24) is 14.8 Å². The Morgan fingerprint density at radius 1 is 1.38 bits per heavy atom. The number of anilines is 1. The number of aryl methyl sites for hydroxylation is 3. The van der Waals surface area contributed by atoms with Crippen LogP contribution in [-0.4, -0.2) is 19.7 Å². The van der Waals surface area contributed by atoms with Crippen LogP contribution in [0, 0.1) is 24.0 Å². The highest BCUT2D eigenvalue weighted by atomic mass is 16.6. The summed E-state index contributed by atoms with van der Waals surface area (Å²) in [6, 6.07) is 3.87. The Morgan fingerprint density at radius 2 is 2.14 bits per heavy atom. The maximum Gasteiger partial charge on any atom is 0.333 e. The van der Waals surface area contributed by atoms with Crippen molar-refractivity contribution < 1.29 is 4.92 Å². The molecule has 2 heterocycles. The summed E-state index contributed by atoms with van der Waals surface area (Å²) >= 11 is 0. The fourth-order valence-corrected chi connectivity index (χ4v) is 2.13. The quantitative estimate of drug-likeness (QED) is 0.652. The first kappa shape index (κ1) is 15.0. The molecule has 0 radical (unpaired) electrons. The maximum absolute atomic E-state index is 11.2. The highest BCUT2D eigenvalue weighted by Gasteiger charge is 2.24. The fourth-order valence-electron chi connectivity index (χ4n) is 2.13. The van der Waals surface area contributed by atoms with Crippen LogP contribution in [0.25, 0.3) is 0 Å². The van der Waals surface area contributed by atoms with Gasteiger partial charge in [0.1, 0.15) is 5.69 Å². The molecule has 0 aromatic carbocycles. The monoisotopic (exact) mass is 289 g/mol. The first-order valence-corrected chi connectivity index (χ1v) is 6.90. The molecule has 1 N–H and O–H groups in total. The van der Waals surface area contributed by atoms with Crippen LogP contribution in [-0.2, 0) is 13.1 Å². The van der Waals surface area contributed by atoms with E-state index in [1.165, 1.54) is 0 Å². The molecular formula is C14H19N5O2. The molecule has 7 nitrogen and oxygen atoms in total. The summed E-state index contributed by atoms with van der Waals surface area (Å²) in [7, 11) is 0. The second kappa shape index (κ2) is 6.34. The lowest BCUT2D eigenvalue weighted by molar-refractivity contribution is -0.384. The average molecular weight is 289 g/mol. The number of nitrogens with zero attached hydrogens (tertiary/aromatic N) is 4. The largest absolute Gasteiger partial charge is 0.360 e. The summed E-state index contributed by atoms with van der Waals surface area (Å²) in [5, 5.41) is 18.6. The lowest BCUT2D eigenvalue weighted by Crippen LogP contribution is -2.09. The molecule has 0 saturated heterocycles. The van der Waals surface area contributed by atoms with Gasteiger partial charge in [0.15, 0.2) is 0 Å². The second-order valence-corrected chi connectivity index (χ2v) is 4.92. The molecule has 0 aliphatic carbocycles. The van der Waals surface area contributed by atoms with Gasteiger partial charge in [0.2, 0.25) is 5.82 Å². The summed E-state index contributed by atoms with van der Waals surface area (Å²) in [6.07, 6.45) is 2.63. The Kier molecular flexibility index (Phi) is 4.52. The zero-order chi connectivity index (χ0) is 15.4. The van der Waals surface area contributed by atoms with E-state index >= 15 is 0 Å². The summed E-state index contributed by atoms with van der Waals surface area (Å²) < 4.78 is 1.66. The van der Waals surface area contributed by atoms with Gasteiger partial charge in [-0.1, -0.05) is 13.0 Å². The highest BCUT2D eigenvalue weighted by Crippen LogP contribution is 2.28. The molecule has 0 aliphatic heterocycles. The van der Waals surface area contributed by atoms with E-state index in [9.17, 15) is 10.1 Å². The van der Waals surface area contributed by atoms with Gasteiger partial charge in [-0.15, -0.1) is 0 Å². The third-order valence-electron chi connectivity index (χ3n) is 3.15. The van der Waals surface area contributed by atoms with E-state index in [1.54, 1.807) is 17.8 Å². The van der Waals surface area contributed by atoms with Gasteiger partial charge in [-0.3, -0.25) is 15.1 Å². The Bertz CT molecular complexity index is 634. The van der Waals surface area contributed by atoms with Gasteiger partial charge in [-0.2, -0.15) is 5.10 Å². The third kappa shape index (κ3) is 3.36. The predicted octanol–water partition coefficient (Wildman–Crippen LogP) is 2.83. The number of aromatic nitrogens is 3. The smallest absolute Gasteiger partial charge is 0.333 e. The molecule has 2 rings (SSSR count). The van der Waals surface area contributed by atoms with E-state index in [2.05, 4.69) is 15.4 Å². The normalized spacial score (nSPS) is 10.6. The van der Waals surface area contributed by atoms with Crippen LogP contribution in [0.15, 0.2) is 18.3 Å². The van der Waals surface area contributed by atoms with Crippen LogP contribution in [0.2, 0.25) is 0 Å². The third-order valence-corrected chi connectivity index (χ3v) is 3.15. The van der Waals surface area contributed by atoms with Crippen molar-refractivity contribution in [2.24, 2.45) is 0 Å². The molecule has 0 bridgehead atoms. The highest BCUT2D eigenvalue weighted by molar-refractivity contribution is 5.59. The van der Waals surface area contributed by atoms with Crippen LogP contribution in [0.4, 0.5) is 11.5 Å². The van der Waals surface area contributed by atoms with Crippen molar-refractivity contribution in [2.75, 3.05) is 5.32 Å². The summed E-state index contributed by atoms with van der Waals surface area (Å²) in [4.78, 5) is 15.0. The van der Waals surface area contributed by atoms with Gasteiger partial charge in [-0.05, 0) is 31.9 Å². The van der Waals surface area contributed by atoms with E-state index in [4.69, 9.17) is 0 Å². The van der Waals surface area contributed by atoms with Gasteiger partial charge in [0.25, 0.3) is 0 Å². The van der Waals surface area contributed by atoms with Crippen LogP contribution in [0.1, 0.15) is 30.3 Å². The first-order valence-electron chi connectivity index (χ1n) is 6.90. The molecule has 0 aliphatic rings. The lowest BCUT2D eigenvalue weighted by Gasteiger charge is -2.08. The van der Waals surface area contributed by atoms with Crippen LogP contribution >= 0.6 is 0 Å². The zero-order valence-electron chi connectivity index (χ0n) is 12.5. The van der Waals surface area contributed by atoms with Gasteiger partial charge < -0.3 is 5.32 Å². The summed E-state index contributed by atoms with van der Waals surface area (Å²) in [6.45, 7) is 6.70. The Labute approximate surface area is 123 Å². The van der Waals surface area contributed by atoms with E-state index < -0.39 is 0 Å². The number of hydrogen-bond donors (Lipinski definition) is 1. The number of hydrogen-bond acceptors (Lipinski definition) is 5. The minimum absolute atomic E-state index is 0.0449. The Morgan fingerprint density at radius 3 is 2.71 bits per heavy atom. The molecule has 0 spiro atoms. The summed E-state index contributed by atoms with van der Waals surface area (Å²) in [5.74, 6) is 0.458. The number of pyridine rings is 1. The molecular weight excluding hydrogens is 270 g/mol. The average Bonchev–Trinajstić information content (AvgIpc) is 2.74. The maximum atomic E-state index is 11.2. The van der Waals surface area contributed by atoms with Crippen LogP contribution in [0.3, 0.4) is 0 Å². The topological polar surface area (TPSA) is 85.9 Å². The van der Waals surface area contributed by atoms with Crippen molar-refractivity contribution in [1.29, 1.82) is 0 Å². The van der Waals surface area contributed by atoms with Crippen LogP contribution < -0.4 is 5.32 Å². The molecule has 0 saturated carbocycles. The Hall–Kier alpha value is -2.44.